The summed E-state index contributed by atoms with van der Waals surface area (Å²) in [7, 11) is 0. The average molecular weight is 422 g/mol. The van der Waals surface area contributed by atoms with Gasteiger partial charge in [0, 0.05) is 12.1 Å². The van der Waals surface area contributed by atoms with Gasteiger partial charge in [-0.2, -0.15) is 0 Å². The van der Waals surface area contributed by atoms with Crippen LogP contribution in [-0.4, -0.2) is 43.5 Å². The van der Waals surface area contributed by atoms with E-state index in [0.29, 0.717) is 30.9 Å². The number of ether oxygens (including phenoxy) is 2. The fourth-order valence-corrected chi connectivity index (χ4v) is 3.11. The molecule has 0 spiro atoms. The second-order valence-electron chi connectivity index (χ2n) is 7.05. The van der Waals surface area contributed by atoms with Crippen molar-refractivity contribution in [1.82, 2.24) is 10.6 Å². The Morgan fingerprint density at radius 3 is 2.55 bits per heavy atom. The van der Waals surface area contributed by atoms with E-state index in [0.717, 1.165) is 5.56 Å². The molecule has 3 rings (SSSR count). The van der Waals surface area contributed by atoms with Crippen LogP contribution >= 0.6 is 0 Å². The number of nitrogens with one attached hydrogen (secondary N) is 2. The summed E-state index contributed by atoms with van der Waals surface area (Å²) in [5, 5.41) is 5.34. The average Bonchev–Trinajstić information content (AvgIpc) is 2.80. The van der Waals surface area contributed by atoms with Gasteiger partial charge in [-0.25, -0.2) is 0 Å². The molecule has 31 heavy (non-hydrogen) atoms. The van der Waals surface area contributed by atoms with E-state index in [-0.39, 0.29) is 19.6 Å². The Labute approximate surface area is 181 Å². The number of hydrogen-bond acceptors (Lipinski definition) is 5. The van der Waals surface area contributed by atoms with E-state index in [2.05, 4.69) is 10.6 Å². The lowest BCUT2D eigenvalue weighted by Gasteiger charge is -2.18. The van der Waals surface area contributed by atoms with E-state index in [9.17, 15) is 14.4 Å². The van der Waals surface area contributed by atoms with E-state index < -0.39 is 23.6 Å². The van der Waals surface area contributed by atoms with Gasteiger partial charge >= 0.3 is 0 Å². The maximum atomic E-state index is 12.9. The molecule has 2 N–H and O–H groups in total. The standard InChI is InChI=1S/C24H26N2O5/c27-22(24(29)25-16-18-8-2-1-3-9-18)21-12-6-7-13-30-14-15-31-17-19-10-4-5-11-20(19)23(28)26-21/h1-11,21H,12-17H2,(H,25,29)(H,26,28)/b7-6+/t21-/m0/s1. The number of benzene rings is 2. The Morgan fingerprint density at radius 1 is 0.968 bits per heavy atom. The zero-order valence-electron chi connectivity index (χ0n) is 17.2. The van der Waals surface area contributed by atoms with Crippen LogP contribution in [-0.2, 0) is 32.2 Å². The molecule has 0 radical (unpaired) electrons. The molecule has 0 unspecified atom stereocenters. The molecule has 1 aliphatic rings. The summed E-state index contributed by atoms with van der Waals surface area (Å²) in [5.41, 5.74) is 1.99. The molecule has 1 aliphatic heterocycles. The number of amides is 2. The minimum Gasteiger partial charge on any atom is -0.375 e. The summed E-state index contributed by atoms with van der Waals surface area (Å²) in [6.07, 6.45) is 3.67. The van der Waals surface area contributed by atoms with E-state index in [4.69, 9.17) is 9.47 Å². The zero-order valence-corrected chi connectivity index (χ0v) is 17.2. The number of hydrogen-bond donors (Lipinski definition) is 2. The Hall–Kier alpha value is -3.29. The monoisotopic (exact) mass is 422 g/mol. The van der Waals surface area contributed by atoms with Gasteiger partial charge in [-0.05, 0) is 23.6 Å². The molecule has 1 atom stereocenters. The van der Waals surface area contributed by atoms with Crippen LogP contribution in [0.1, 0.15) is 27.9 Å². The van der Waals surface area contributed by atoms with E-state index in [1.165, 1.54) is 0 Å². The maximum absolute atomic E-state index is 12.9. The van der Waals surface area contributed by atoms with Crippen LogP contribution in [0.3, 0.4) is 0 Å². The largest absolute Gasteiger partial charge is 0.375 e. The maximum Gasteiger partial charge on any atom is 0.289 e. The lowest BCUT2D eigenvalue weighted by atomic mass is 10.0. The summed E-state index contributed by atoms with van der Waals surface area (Å²) in [4.78, 5) is 38.2. The van der Waals surface area contributed by atoms with Crippen molar-refractivity contribution in [3.63, 3.8) is 0 Å². The minimum absolute atomic E-state index is 0.186. The van der Waals surface area contributed by atoms with Crippen molar-refractivity contribution in [2.75, 3.05) is 19.8 Å². The van der Waals surface area contributed by atoms with Gasteiger partial charge in [-0.1, -0.05) is 60.7 Å². The fraction of sp³-hybridized carbons (Fsp3) is 0.292. The van der Waals surface area contributed by atoms with Crippen LogP contribution in [0.5, 0.6) is 0 Å². The molecule has 1 heterocycles. The van der Waals surface area contributed by atoms with Gasteiger partial charge in [-0.15, -0.1) is 0 Å². The number of fused-ring (bicyclic) bond motifs is 1. The minimum atomic E-state index is -0.989. The number of Topliss-reactive ketones (excluding diaryl/α,β-unsaturated/α-hetero) is 1. The Kier molecular flexibility index (Phi) is 8.51. The van der Waals surface area contributed by atoms with Crippen molar-refractivity contribution in [1.29, 1.82) is 0 Å². The van der Waals surface area contributed by atoms with E-state index in [1.54, 1.807) is 30.4 Å². The third kappa shape index (κ3) is 6.87. The Morgan fingerprint density at radius 2 is 1.71 bits per heavy atom. The van der Waals surface area contributed by atoms with Crippen molar-refractivity contribution in [3.05, 3.63) is 83.4 Å². The number of carbonyl (C=O) groups is 3. The van der Waals surface area contributed by atoms with Crippen molar-refractivity contribution in [2.45, 2.75) is 25.6 Å². The van der Waals surface area contributed by atoms with Gasteiger partial charge in [0.25, 0.3) is 11.8 Å². The molecule has 0 aromatic heterocycles. The second kappa shape index (κ2) is 11.8. The first-order valence-corrected chi connectivity index (χ1v) is 10.2. The van der Waals surface area contributed by atoms with Crippen molar-refractivity contribution in [3.8, 4) is 0 Å². The van der Waals surface area contributed by atoms with E-state index in [1.807, 2.05) is 36.4 Å². The van der Waals surface area contributed by atoms with Crippen molar-refractivity contribution in [2.24, 2.45) is 0 Å². The predicted octanol–water partition coefficient (Wildman–Crippen LogP) is 2.16. The molecule has 0 fully saturated rings. The molecular weight excluding hydrogens is 396 g/mol. The second-order valence-corrected chi connectivity index (χ2v) is 7.05. The summed E-state index contributed by atoms with van der Waals surface area (Å²) in [6, 6.07) is 15.3. The lowest BCUT2D eigenvalue weighted by Crippen LogP contribution is -2.47. The Bertz CT molecular complexity index is 927. The van der Waals surface area contributed by atoms with Crippen LogP contribution < -0.4 is 10.6 Å². The highest BCUT2D eigenvalue weighted by molar-refractivity contribution is 6.38. The fourth-order valence-electron chi connectivity index (χ4n) is 3.11. The molecular formula is C24H26N2O5. The predicted molar refractivity (Wildman–Crippen MR) is 115 cm³/mol. The van der Waals surface area contributed by atoms with Gasteiger partial charge in [0.1, 0.15) is 6.04 Å². The highest BCUT2D eigenvalue weighted by Gasteiger charge is 2.27. The van der Waals surface area contributed by atoms with E-state index >= 15 is 0 Å². The molecule has 7 nitrogen and oxygen atoms in total. The molecule has 162 valence electrons. The van der Waals surface area contributed by atoms with Crippen LogP contribution in [0, 0.1) is 0 Å². The smallest absolute Gasteiger partial charge is 0.289 e. The van der Waals surface area contributed by atoms with Gasteiger partial charge in [0.05, 0.1) is 26.4 Å². The highest BCUT2D eigenvalue weighted by Crippen LogP contribution is 2.12. The van der Waals surface area contributed by atoms with Crippen LogP contribution in [0.2, 0.25) is 0 Å². The van der Waals surface area contributed by atoms with Gasteiger partial charge < -0.3 is 20.1 Å². The molecule has 7 heteroatoms. The third-order valence-corrected chi connectivity index (χ3v) is 4.79. The number of carbonyl (C=O) groups excluding carboxylic acids is 3. The Balaban J connectivity index is 1.73. The van der Waals surface area contributed by atoms with Crippen LogP contribution in [0.25, 0.3) is 0 Å². The highest BCUT2D eigenvalue weighted by atomic mass is 16.5. The first kappa shape index (κ1) is 22.4. The molecule has 0 bridgehead atoms. The zero-order chi connectivity index (χ0) is 21.9. The first-order valence-electron chi connectivity index (χ1n) is 10.2. The third-order valence-electron chi connectivity index (χ3n) is 4.79. The normalized spacial score (nSPS) is 18.7. The van der Waals surface area contributed by atoms with Gasteiger partial charge in [-0.3, -0.25) is 14.4 Å². The summed E-state index contributed by atoms with van der Waals surface area (Å²) < 4.78 is 11.0. The van der Waals surface area contributed by atoms with Gasteiger partial charge in [0.2, 0.25) is 5.78 Å². The van der Waals surface area contributed by atoms with Crippen molar-refractivity contribution < 1.29 is 23.9 Å². The topological polar surface area (TPSA) is 93.7 Å². The summed E-state index contributed by atoms with van der Waals surface area (Å²) in [6.45, 7) is 1.67. The SMILES string of the molecule is O=C(NCc1ccccc1)C(=O)[C@@H]1C/C=C/COCCOCc2ccccc2C(=O)N1. The van der Waals surface area contributed by atoms with Crippen LogP contribution in [0.4, 0.5) is 0 Å². The molecule has 0 aliphatic carbocycles. The van der Waals surface area contributed by atoms with Crippen LogP contribution in [0.15, 0.2) is 66.7 Å². The lowest BCUT2D eigenvalue weighted by molar-refractivity contribution is -0.139. The quantitative estimate of drug-likeness (QED) is 0.582. The molecule has 2 aromatic carbocycles. The first-order chi connectivity index (χ1) is 15.1. The molecule has 0 saturated heterocycles. The molecule has 2 aromatic rings. The number of rotatable bonds is 4. The van der Waals surface area contributed by atoms with Crippen molar-refractivity contribution >= 4 is 17.6 Å². The summed E-state index contributed by atoms with van der Waals surface area (Å²) in [5.74, 6) is -1.86. The number of ketones is 1. The molecule has 2 amide bonds. The van der Waals surface area contributed by atoms with Gasteiger partial charge in [0.15, 0.2) is 0 Å². The summed E-state index contributed by atoms with van der Waals surface area (Å²) >= 11 is 0. The molecule has 0 saturated carbocycles.